The maximum absolute atomic E-state index is 12.1. The summed E-state index contributed by atoms with van der Waals surface area (Å²) < 4.78 is 26.7. The number of carbonyl (C=O) groups excluding carboxylic acids is 1. The molecule has 1 aromatic heterocycles. The summed E-state index contributed by atoms with van der Waals surface area (Å²) in [5.74, 6) is -0.501. The smallest absolute Gasteiger partial charge is 0.250 e. The van der Waals surface area contributed by atoms with Crippen molar-refractivity contribution in [2.45, 2.75) is 17.6 Å². The van der Waals surface area contributed by atoms with Crippen LogP contribution in [0.25, 0.3) is 0 Å². The average Bonchev–Trinajstić information content (AvgIpc) is 2.99. The standard InChI is InChI=1S/C14H14Cl2N2O3S2/c1-2-10-4-6-14(22-10)23(20,21)17-8-13(19)18-9-3-5-11(15)12(16)7-9/h3-7,17H,2,8H2,1H3,(H,18,19). The quantitative estimate of drug-likeness (QED) is 0.789. The van der Waals surface area contributed by atoms with Crippen LogP contribution in [0.15, 0.2) is 34.5 Å². The fraction of sp³-hybridized carbons (Fsp3) is 0.214. The van der Waals surface area contributed by atoms with Gasteiger partial charge in [-0.1, -0.05) is 30.1 Å². The van der Waals surface area contributed by atoms with E-state index in [9.17, 15) is 13.2 Å². The molecule has 0 radical (unpaired) electrons. The Morgan fingerprint density at radius 2 is 1.91 bits per heavy atom. The number of aryl methyl sites for hydroxylation is 1. The number of benzene rings is 1. The second-order valence-electron chi connectivity index (χ2n) is 4.58. The lowest BCUT2D eigenvalue weighted by atomic mass is 10.3. The minimum atomic E-state index is -3.69. The van der Waals surface area contributed by atoms with E-state index in [0.717, 1.165) is 11.3 Å². The first-order chi connectivity index (χ1) is 10.8. The molecule has 9 heteroatoms. The van der Waals surface area contributed by atoms with E-state index in [1.165, 1.54) is 23.5 Å². The van der Waals surface area contributed by atoms with Gasteiger partial charge in [-0.05, 0) is 36.8 Å². The van der Waals surface area contributed by atoms with E-state index in [0.29, 0.717) is 15.7 Å². The highest BCUT2D eigenvalue weighted by atomic mass is 35.5. The van der Waals surface area contributed by atoms with Crippen molar-refractivity contribution in [2.75, 3.05) is 11.9 Å². The predicted molar refractivity (Wildman–Crippen MR) is 94.0 cm³/mol. The summed E-state index contributed by atoms with van der Waals surface area (Å²) in [6.07, 6.45) is 0.762. The highest BCUT2D eigenvalue weighted by molar-refractivity contribution is 7.91. The molecule has 0 aliphatic rings. The molecule has 0 saturated carbocycles. The lowest BCUT2D eigenvalue weighted by Gasteiger charge is -2.07. The average molecular weight is 393 g/mol. The first kappa shape index (κ1) is 18.2. The van der Waals surface area contributed by atoms with E-state index in [-0.39, 0.29) is 10.8 Å². The van der Waals surface area contributed by atoms with Crippen molar-refractivity contribution in [2.24, 2.45) is 0 Å². The van der Waals surface area contributed by atoms with Crippen LogP contribution in [-0.2, 0) is 21.2 Å². The molecule has 2 rings (SSSR count). The number of thiophene rings is 1. The summed E-state index contributed by atoms with van der Waals surface area (Å²) in [6.45, 7) is 1.57. The molecule has 0 unspecified atom stereocenters. The number of hydrogen-bond donors (Lipinski definition) is 2. The highest BCUT2D eigenvalue weighted by Crippen LogP contribution is 2.25. The predicted octanol–water partition coefficient (Wildman–Crippen LogP) is 3.53. The number of nitrogens with one attached hydrogen (secondary N) is 2. The normalized spacial score (nSPS) is 11.4. The van der Waals surface area contributed by atoms with Gasteiger partial charge in [0, 0.05) is 10.6 Å². The van der Waals surface area contributed by atoms with Gasteiger partial charge in [0.1, 0.15) is 4.21 Å². The van der Waals surface area contributed by atoms with Crippen LogP contribution in [-0.4, -0.2) is 20.9 Å². The van der Waals surface area contributed by atoms with Crippen molar-refractivity contribution in [3.05, 3.63) is 45.3 Å². The molecule has 0 atom stereocenters. The van der Waals surface area contributed by atoms with Crippen LogP contribution in [0.3, 0.4) is 0 Å². The van der Waals surface area contributed by atoms with Gasteiger partial charge < -0.3 is 5.32 Å². The molecule has 1 heterocycles. The van der Waals surface area contributed by atoms with Gasteiger partial charge in [0.2, 0.25) is 5.91 Å². The van der Waals surface area contributed by atoms with E-state index < -0.39 is 15.9 Å². The lowest BCUT2D eigenvalue weighted by molar-refractivity contribution is -0.115. The Bertz CT molecular complexity index is 819. The molecule has 0 spiro atoms. The third-order valence-corrected chi connectivity index (χ3v) is 6.74. The number of hydrogen-bond acceptors (Lipinski definition) is 4. The molecule has 0 fully saturated rings. The molecule has 1 amide bonds. The molecule has 0 bridgehead atoms. The number of rotatable bonds is 6. The van der Waals surface area contributed by atoms with E-state index in [1.807, 2.05) is 6.92 Å². The Kier molecular flexibility index (Phi) is 6.05. The van der Waals surface area contributed by atoms with Crippen LogP contribution in [0.2, 0.25) is 10.0 Å². The number of carbonyl (C=O) groups is 1. The zero-order valence-corrected chi connectivity index (χ0v) is 15.2. The third-order valence-electron chi connectivity index (χ3n) is 2.88. The van der Waals surface area contributed by atoms with Gasteiger partial charge >= 0.3 is 0 Å². The zero-order valence-electron chi connectivity index (χ0n) is 12.1. The monoisotopic (exact) mass is 392 g/mol. The maximum Gasteiger partial charge on any atom is 0.250 e. The van der Waals surface area contributed by atoms with Crippen molar-refractivity contribution in [3.8, 4) is 0 Å². The van der Waals surface area contributed by atoms with Gasteiger partial charge in [-0.25, -0.2) is 13.1 Å². The molecule has 0 aliphatic heterocycles. The zero-order chi connectivity index (χ0) is 17.0. The van der Waals surface area contributed by atoms with Crippen molar-refractivity contribution >= 4 is 56.2 Å². The molecule has 2 N–H and O–H groups in total. The number of anilines is 1. The van der Waals surface area contributed by atoms with Gasteiger partial charge in [0.25, 0.3) is 10.0 Å². The van der Waals surface area contributed by atoms with E-state index in [4.69, 9.17) is 23.2 Å². The Morgan fingerprint density at radius 1 is 1.17 bits per heavy atom. The van der Waals surface area contributed by atoms with Crippen molar-refractivity contribution < 1.29 is 13.2 Å². The molecule has 1 aromatic carbocycles. The second-order valence-corrected chi connectivity index (χ2v) is 8.55. The van der Waals surface area contributed by atoms with Crippen LogP contribution < -0.4 is 10.0 Å². The van der Waals surface area contributed by atoms with Gasteiger partial charge in [0.15, 0.2) is 0 Å². The van der Waals surface area contributed by atoms with Crippen LogP contribution in [0.5, 0.6) is 0 Å². The van der Waals surface area contributed by atoms with E-state index >= 15 is 0 Å². The van der Waals surface area contributed by atoms with Crippen LogP contribution >= 0.6 is 34.5 Å². The van der Waals surface area contributed by atoms with Gasteiger partial charge in [-0.2, -0.15) is 0 Å². The van der Waals surface area contributed by atoms with Gasteiger partial charge in [-0.15, -0.1) is 11.3 Å². The van der Waals surface area contributed by atoms with Crippen molar-refractivity contribution in [3.63, 3.8) is 0 Å². The van der Waals surface area contributed by atoms with Gasteiger partial charge in [-0.3, -0.25) is 4.79 Å². The molecule has 0 saturated heterocycles. The van der Waals surface area contributed by atoms with E-state index in [1.54, 1.807) is 18.2 Å². The van der Waals surface area contributed by atoms with Crippen LogP contribution in [0, 0.1) is 0 Å². The third kappa shape index (κ3) is 4.92. The van der Waals surface area contributed by atoms with E-state index in [2.05, 4.69) is 10.0 Å². The number of amides is 1. The number of sulfonamides is 1. The lowest BCUT2D eigenvalue weighted by Crippen LogP contribution is -2.32. The summed E-state index contributed by atoms with van der Waals surface area (Å²) in [7, 11) is -3.69. The molecular weight excluding hydrogens is 379 g/mol. The largest absolute Gasteiger partial charge is 0.325 e. The first-order valence-corrected chi connectivity index (χ1v) is 9.70. The molecule has 124 valence electrons. The molecule has 5 nitrogen and oxygen atoms in total. The highest BCUT2D eigenvalue weighted by Gasteiger charge is 2.17. The number of halogens is 2. The topological polar surface area (TPSA) is 75.3 Å². The van der Waals surface area contributed by atoms with Crippen molar-refractivity contribution in [1.29, 1.82) is 0 Å². The summed E-state index contributed by atoms with van der Waals surface area (Å²) in [4.78, 5) is 12.8. The first-order valence-electron chi connectivity index (χ1n) is 6.65. The Balaban J connectivity index is 1.96. The minimum absolute atomic E-state index is 0.191. The van der Waals surface area contributed by atoms with Crippen LogP contribution in [0.1, 0.15) is 11.8 Å². The van der Waals surface area contributed by atoms with Crippen molar-refractivity contribution in [1.82, 2.24) is 4.72 Å². The minimum Gasteiger partial charge on any atom is -0.325 e. The van der Waals surface area contributed by atoms with Gasteiger partial charge in [0.05, 0.1) is 16.6 Å². The molecule has 23 heavy (non-hydrogen) atoms. The SMILES string of the molecule is CCc1ccc(S(=O)(=O)NCC(=O)Nc2ccc(Cl)c(Cl)c2)s1. The Morgan fingerprint density at radius 3 is 2.52 bits per heavy atom. The fourth-order valence-electron chi connectivity index (χ4n) is 1.70. The summed E-state index contributed by atoms with van der Waals surface area (Å²) in [5, 5.41) is 3.22. The molecule has 0 aliphatic carbocycles. The molecular formula is C14H14Cl2N2O3S2. The Labute approximate surface area is 148 Å². The molecule has 2 aromatic rings. The second kappa shape index (κ2) is 7.63. The summed E-state index contributed by atoms with van der Waals surface area (Å²) in [5.41, 5.74) is 0.438. The Hall–Kier alpha value is -1.12. The van der Waals surface area contributed by atoms with Crippen LogP contribution in [0.4, 0.5) is 5.69 Å². The maximum atomic E-state index is 12.1. The summed E-state index contributed by atoms with van der Waals surface area (Å²) >= 11 is 12.8. The fourth-order valence-corrected chi connectivity index (χ4v) is 4.32. The summed E-state index contributed by atoms with van der Waals surface area (Å²) in [6, 6.07) is 7.90.